The second-order valence-corrected chi connectivity index (χ2v) is 3.52. The van der Waals surface area contributed by atoms with E-state index in [-0.39, 0.29) is 6.10 Å². The van der Waals surface area contributed by atoms with Crippen LogP contribution in [0.4, 0.5) is 0 Å². The fourth-order valence-corrected chi connectivity index (χ4v) is 1.11. The lowest BCUT2D eigenvalue weighted by atomic mass is 10.2. The van der Waals surface area contributed by atoms with Crippen molar-refractivity contribution in [2.45, 2.75) is 39.7 Å². The molecule has 0 saturated carbocycles. The van der Waals surface area contributed by atoms with Gasteiger partial charge in [-0.15, -0.1) is 0 Å². The quantitative estimate of drug-likeness (QED) is 0.277. The molecule has 2 nitrogen and oxygen atoms in total. The van der Waals surface area contributed by atoms with Gasteiger partial charge >= 0.3 is 0 Å². The van der Waals surface area contributed by atoms with E-state index in [0.717, 1.165) is 19.1 Å². The van der Waals surface area contributed by atoms with Gasteiger partial charge in [-0.2, -0.15) is 0 Å². The molecule has 0 aliphatic rings. The Hall–Kier alpha value is -1.31. The van der Waals surface area contributed by atoms with E-state index in [0.29, 0.717) is 11.3 Å². The van der Waals surface area contributed by atoms with Crippen molar-refractivity contribution in [2.24, 2.45) is 0 Å². The first-order chi connectivity index (χ1) is 7.13. The van der Waals surface area contributed by atoms with Crippen LogP contribution in [0, 0.1) is 0 Å². The zero-order valence-corrected chi connectivity index (χ0v) is 9.82. The molecule has 0 aromatic carbocycles. The van der Waals surface area contributed by atoms with Crippen molar-refractivity contribution >= 4 is 6.29 Å². The van der Waals surface area contributed by atoms with Gasteiger partial charge in [0.15, 0.2) is 0 Å². The molecule has 0 aliphatic heterocycles. The number of ether oxygens (including phenoxy) is 1. The molecule has 0 radical (unpaired) electrons. The van der Waals surface area contributed by atoms with E-state index in [9.17, 15) is 4.79 Å². The maximum atomic E-state index is 10.4. The Morgan fingerprint density at radius 1 is 1.47 bits per heavy atom. The lowest BCUT2D eigenvalue weighted by Crippen LogP contribution is -2.06. The van der Waals surface area contributed by atoms with Crippen molar-refractivity contribution in [1.29, 1.82) is 0 Å². The highest BCUT2D eigenvalue weighted by Crippen LogP contribution is 2.09. The van der Waals surface area contributed by atoms with Crippen molar-refractivity contribution in [3.63, 3.8) is 0 Å². The summed E-state index contributed by atoms with van der Waals surface area (Å²) in [5.74, 6) is 0.706. The molecule has 0 aromatic rings. The maximum absolute atomic E-state index is 10.4. The van der Waals surface area contributed by atoms with Crippen LogP contribution in [0.1, 0.15) is 33.6 Å². The number of carbonyl (C=O) groups is 1. The van der Waals surface area contributed by atoms with Gasteiger partial charge in [0, 0.05) is 0 Å². The minimum absolute atomic E-state index is 0.184. The van der Waals surface area contributed by atoms with Gasteiger partial charge in [0.05, 0.1) is 6.10 Å². The summed E-state index contributed by atoms with van der Waals surface area (Å²) in [5.41, 5.74) is 0.668. The lowest BCUT2D eigenvalue weighted by Gasteiger charge is -2.13. The number of rotatable bonds is 7. The van der Waals surface area contributed by atoms with Gasteiger partial charge in [-0.1, -0.05) is 26.0 Å². The largest absolute Gasteiger partial charge is 0.491 e. The highest BCUT2D eigenvalue weighted by Gasteiger charge is 2.01. The van der Waals surface area contributed by atoms with E-state index in [1.807, 2.05) is 6.92 Å². The van der Waals surface area contributed by atoms with Gasteiger partial charge < -0.3 is 4.74 Å². The number of aldehydes is 1. The SMILES string of the molecule is C=C/C(=C\C=C(/C)C=O)OC(C)CCC. The van der Waals surface area contributed by atoms with Crippen molar-refractivity contribution in [3.8, 4) is 0 Å². The normalized spacial score (nSPS) is 14.6. The molecule has 2 heteroatoms. The Labute approximate surface area is 92.3 Å². The summed E-state index contributed by atoms with van der Waals surface area (Å²) in [5, 5.41) is 0. The smallest absolute Gasteiger partial charge is 0.145 e. The second kappa shape index (κ2) is 8.04. The predicted molar refractivity (Wildman–Crippen MR) is 63.6 cm³/mol. The van der Waals surface area contributed by atoms with Crippen LogP contribution < -0.4 is 0 Å². The molecule has 1 atom stereocenters. The van der Waals surface area contributed by atoms with E-state index in [4.69, 9.17) is 4.74 Å². The molecule has 0 rings (SSSR count). The van der Waals surface area contributed by atoms with Gasteiger partial charge in [0.25, 0.3) is 0 Å². The summed E-state index contributed by atoms with van der Waals surface area (Å²) in [7, 11) is 0. The van der Waals surface area contributed by atoms with Crippen molar-refractivity contribution < 1.29 is 9.53 Å². The Bertz CT molecular complexity index is 262. The van der Waals surface area contributed by atoms with Crippen LogP contribution in [0.15, 0.2) is 36.1 Å². The minimum Gasteiger partial charge on any atom is -0.491 e. The zero-order valence-electron chi connectivity index (χ0n) is 9.82. The predicted octanol–water partition coefficient (Wildman–Crippen LogP) is 3.41. The summed E-state index contributed by atoms with van der Waals surface area (Å²) in [6, 6.07) is 0. The Morgan fingerprint density at radius 2 is 2.13 bits per heavy atom. The monoisotopic (exact) mass is 208 g/mol. The van der Waals surface area contributed by atoms with Gasteiger partial charge in [-0.3, -0.25) is 4.79 Å². The molecule has 84 valence electrons. The number of allylic oxidation sites excluding steroid dienone is 4. The molecule has 0 saturated heterocycles. The van der Waals surface area contributed by atoms with Gasteiger partial charge in [-0.25, -0.2) is 0 Å². The summed E-state index contributed by atoms with van der Waals surface area (Å²) in [6.07, 6.45) is 8.25. The molecule has 0 aromatic heterocycles. The van der Waals surface area contributed by atoms with Crippen LogP contribution in [0.5, 0.6) is 0 Å². The highest BCUT2D eigenvalue weighted by molar-refractivity contribution is 5.72. The fraction of sp³-hybridized carbons (Fsp3) is 0.462. The Balaban J connectivity index is 4.36. The average Bonchev–Trinajstić information content (AvgIpc) is 2.23. The molecule has 0 bridgehead atoms. The second-order valence-electron chi connectivity index (χ2n) is 3.52. The Kier molecular flexibility index (Phi) is 7.33. The van der Waals surface area contributed by atoms with Crippen LogP contribution in [0.3, 0.4) is 0 Å². The topological polar surface area (TPSA) is 26.3 Å². The third-order valence-electron chi connectivity index (χ3n) is 1.93. The molecule has 0 N–H and O–H groups in total. The zero-order chi connectivity index (χ0) is 11.7. The third kappa shape index (κ3) is 6.72. The van der Waals surface area contributed by atoms with E-state index < -0.39 is 0 Å². The third-order valence-corrected chi connectivity index (χ3v) is 1.93. The van der Waals surface area contributed by atoms with Crippen molar-refractivity contribution in [3.05, 3.63) is 36.1 Å². The van der Waals surface area contributed by atoms with Crippen LogP contribution in [0.2, 0.25) is 0 Å². The van der Waals surface area contributed by atoms with Gasteiger partial charge in [0.1, 0.15) is 12.0 Å². The van der Waals surface area contributed by atoms with E-state index in [1.54, 1.807) is 25.2 Å². The van der Waals surface area contributed by atoms with Crippen molar-refractivity contribution in [1.82, 2.24) is 0 Å². The van der Waals surface area contributed by atoms with Gasteiger partial charge in [0.2, 0.25) is 0 Å². The minimum atomic E-state index is 0.184. The van der Waals surface area contributed by atoms with Gasteiger partial charge in [-0.05, 0) is 38.0 Å². The number of carbonyl (C=O) groups excluding carboxylic acids is 1. The molecule has 0 fully saturated rings. The molecule has 0 spiro atoms. The van der Waals surface area contributed by atoms with E-state index in [1.165, 1.54) is 0 Å². The van der Waals surface area contributed by atoms with E-state index in [2.05, 4.69) is 13.5 Å². The first-order valence-corrected chi connectivity index (χ1v) is 5.26. The van der Waals surface area contributed by atoms with Crippen LogP contribution in [-0.2, 0) is 9.53 Å². The number of hydrogen-bond acceptors (Lipinski definition) is 2. The van der Waals surface area contributed by atoms with E-state index >= 15 is 0 Å². The first kappa shape index (κ1) is 13.7. The standard InChI is InChI=1S/C13H20O2/c1-5-7-12(4)15-13(6-2)9-8-11(3)10-14/h6,8-10,12H,2,5,7H2,1,3-4H3/b11-8+,13-9+. The van der Waals surface area contributed by atoms with Crippen LogP contribution in [0.25, 0.3) is 0 Å². The molecular weight excluding hydrogens is 188 g/mol. The molecule has 0 heterocycles. The number of hydrogen-bond donors (Lipinski definition) is 0. The lowest BCUT2D eigenvalue weighted by molar-refractivity contribution is -0.104. The summed E-state index contributed by atoms with van der Waals surface area (Å²) in [6.45, 7) is 9.56. The maximum Gasteiger partial charge on any atom is 0.145 e. The Morgan fingerprint density at radius 3 is 2.60 bits per heavy atom. The first-order valence-electron chi connectivity index (χ1n) is 5.26. The molecule has 0 aliphatic carbocycles. The molecule has 0 amide bonds. The average molecular weight is 208 g/mol. The van der Waals surface area contributed by atoms with Crippen LogP contribution in [-0.4, -0.2) is 12.4 Å². The molecule has 1 unspecified atom stereocenters. The van der Waals surface area contributed by atoms with Crippen LogP contribution >= 0.6 is 0 Å². The highest BCUT2D eigenvalue weighted by atomic mass is 16.5. The van der Waals surface area contributed by atoms with Crippen molar-refractivity contribution in [2.75, 3.05) is 0 Å². The fourth-order valence-electron chi connectivity index (χ4n) is 1.11. The summed E-state index contributed by atoms with van der Waals surface area (Å²) >= 11 is 0. The summed E-state index contributed by atoms with van der Waals surface area (Å²) in [4.78, 5) is 10.4. The molecule has 15 heavy (non-hydrogen) atoms. The summed E-state index contributed by atoms with van der Waals surface area (Å²) < 4.78 is 5.62. The molecular formula is C13H20O2.